The van der Waals surface area contributed by atoms with Crippen LogP contribution in [0, 0.1) is 20.8 Å². The number of anilines is 1. The molecular weight excluding hydrogens is 386 g/mol. The van der Waals surface area contributed by atoms with Crippen molar-refractivity contribution in [1.29, 1.82) is 0 Å². The van der Waals surface area contributed by atoms with Gasteiger partial charge in [0.2, 0.25) is 0 Å². The van der Waals surface area contributed by atoms with E-state index in [-0.39, 0.29) is 10.8 Å². The summed E-state index contributed by atoms with van der Waals surface area (Å²) in [6, 6.07) is 13.8. The number of sulfonamides is 1. The molecule has 1 aromatic heterocycles. The van der Waals surface area contributed by atoms with Crippen LogP contribution in [0.5, 0.6) is 0 Å². The summed E-state index contributed by atoms with van der Waals surface area (Å²) < 4.78 is 28.3. The number of benzene rings is 2. The molecule has 150 valence electrons. The molecule has 0 aliphatic rings. The third-order valence-corrected chi connectivity index (χ3v) is 6.07. The van der Waals surface area contributed by atoms with E-state index >= 15 is 0 Å². The van der Waals surface area contributed by atoms with Crippen molar-refractivity contribution in [2.75, 3.05) is 4.72 Å². The van der Waals surface area contributed by atoms with Crippen LogP contribution in [0.25, 0.3) is 0 Å². The first-order valence-corrected chi connectivity index (χ1v) is 10.6. The minimum absolute atomic E-state index is 0.217. The standard InChI is InChI=1S/C22H23N3O3S/c1-15-6-9-21(17(3)11-15)29(27,28)25-20-12-19(8-7-16(20)2)22(26)24-14-18-5-4-10-23-13-18/h4-13,25H,14H2,1-3H3,(H,24,26). The van der Waals surface area contributed by atoms with Crippen molar-refractivity contribution in [3.8, 4) is 0 Å². The molecule has 7 heteroatoms. The van der Waals surface area contributed by atoms with Crippen molar-refractivity contribution >= 4 is 21.6 Å². The fraction of sp³-hybridized carbons (Fsp3) is 0.182. The van der Waals surface area contributed by atoms with Crippen LogP contribution in [-0.2, 0) is 16.6 Å². The van der Waals surface area contributed by atoms with Crippen molar-refractivity contribution in [2.45, 2.75) is 32.2 Å². The van der Waals surface area contributed by atoms with Gasteiger partial charge in [0, 0.05) is 24.5 Å². The van der Waals surface area contributed by atoms with E-state index in [0.29, 0.717) is 23.4 Å². The van der Waals surface area contributed by atoms with Crippen molar-refractivity contribution < 1.29 is 13.2 Å². The van der Waals surface area contributed by atoms with Crippen LogP contribution < -0.4 is 10.0 Å². The van der Waals surface area contributed by atoms with Crippen molar-refractivity contribution in [2.24, 2.45) is 0 Å². The quantitative estimate of drug-likeness (QED) is 0.649. The molecule has 29 heavy (non-hydrogen) atoms. The zero-order valence-corrected chi connectivity index (χ0v) is 17.4. The van der Waals surface area contributed by atoms with Gasteiger partial charge in [-0.1, -0.05) is 29.8 Å². The Kier molecular flexibility index (Phi) is 5.98. The number of nitrogens with one attached hydrogen (secondary N) is 2. The van der Waals surface area contributed by atoms with Gasteiger partial charge in [-0.15, -0.1) is 0 Å². The molecule has 1 amide bonds. The van der Waals surface area contributed by atoms with Crippen LogP contribution in [-0.4, -0.2) is 19.3 Å². The van der Waals surface area contributed by atoms with Gasteiger partial charge in [0.1, 0.15) is 0 Å². The molecule has 0 saturated carbocycles. The van der Waals surface area contributed by atoms with E-state index in [1.807, 2.05) is 19.1 Å². The number of aromatic nitrogens is 1. The Morgan fingerprint density at radius 1 is 1.00 bits per heavy atom. The summed E-state index contributed by atoms with van der Waals surface area (Å²) >= 11 is 0. The van der Waals surface area contributed by atoms with Crippen LogP contribution in [0.15, 0.2) is 65.8 Å². The Morgan fingerprint density at radius 3 is 2.48 bits per heavy atom. The third kappa shape index (κ3) is 5.00. The summed E-state index contributed by atoms with van der Waals surface area (Å²) in [5, 5.41) is 2.82. The lowest BCUT2D eigenvalue weighted by molar-refractivity contribution is 0.0951. The van der Waals surface area contributed by atoms with E-state index in [4.69, 9.17) is 0 Å². The molecule has 0 bridgehead atoms. The Labute approximate surface area is 171 Å². The highest BCUT2D eigenvalue weighted by atomic mass is 32.2. The number of pyridine rings is 1. The monoisotopic (exact) mass is 409 g/mol. The predicted molar refractivity (Wildman–Crippen MR) is 113 cm³/mol. The van der Waals surface area contributed by atoms with E-state index in [9.17, 15) is 13.2 Å². The maximum absolute atomic E-state index is 12.9. The average Bonchev–Trinajstić information content (AvgIpc) is 2.68. The van der Waals surface area contributed by atoms with Crippen molar-refractivity contribution in [3.63, 3.8) is 0 Å². The molecule has 0 fully saturated rings. The highest BCUT2D eigenvalue weighted by molar-refractivity contribution is 7.92. The SMILES string of the molecule is Cc1ccc(S(=O)(=O)Nc2cc(C(=O)NCc3cccnc3)ccc2C)c(C)c1. The summed E-state index contributed by atoms with van der Waals surface area (Å²) in [5.41, 5.74) is 4.01. The van der Waals surface area contributed by atoms with Gasteiger partial charge in [0.25, 0.3) is 15.9 Å². The molecule has 2 aromatic carbocycles. The Bertz CT molecular complexity index is 1140. The number of hydrogen-bond acceptors (Lipinski definition) is 4. The molecule has 0 aliphatic carbocycles. The summed E-state index contributed by atoms with van der Waals surface area (Å²) in [6.45, 7) is 5.80. The highest BCUT2D eigenvalue weighted by Crippen LogP contribution is 2.23. The second kappa shape index (κ2) is 8.45. The van der Waals surface area contributed by atoms with Crippen LogP contribution in [0.3, 0.4) is 0 Å². The van der Waals surface area contributed by atoms with Gasteiger partial charge in [-0.05, 0) is 61.7 Å². The number of rotatable bonds is 6. The number of carbonyl (C=O) groups is 1. The van der Waals surface area contributed by atoms with Gasteiger partial charge in [0.05, 0.1) is 10.6 Å². The molecular formula is C22H23N3O3S. The molecule has 0 aliphatic heterocycles. The fourth-order valence-electron chi connectivity index (χ4n) is 2.96. The summed E-state index contributed by atoms with van der Waals surface area (Å²) in [6.07, 6.45) is 3.35. The van der Waals surface area contributed by atoms with E-state index in [1.54, 1.807) is 62.6 Å². The van der Waals surface area contributed by atoms with Gasteiger partial charge in [0.15, 0.2) is 0 Å². The molecule has 0 unspecified atom stereocenters. The van der Waals surface area contributed by atoms with Crippen LogP contribution in [0.1, 0.15) is 32.6 Å². The lowest BCUT2D eigenvalue weighted by atomic mass is 10.1. The van der Waals surface area contributed by atoms with Crippen LogP contribution in [0.2, 0.25) is 0 Å². The summed E-state index contributed by atoms with van der Waals surface area (Å²) in [5.74, 6) is -0.291. The number of aryl methyl sites for hydroxylation is 3. The number of carbonyl (C=O) groups excluding carboxylic acids is 1. The zero-order chi connectivity index (χ0) is 21.0. The molecule has 0 saturated heterocycles. The largest absolute Gasteiger partial charge is 0.348 e. The number of hydrogen-bond donors (Lipinski definition) is 2. The average molecular weight is 410 g/mol. The molecule has 3 rings (SSSR count). The smallest absolute Gasteiger partial charge is 0.262 e. The Hall–Kier alpha value is -3.19. The third-order valence-electron chi connectivity index (χ3n) is 4.54. The maximum Gasteiger partial charge on any atom is 0.262 e. The number of nitrogens with zero attached hydrogens (tertiary/aromatic N) is 1. The fourth-order valence-corrected chi connectivity index (χ4v) is 4.31. The topological polar surface area (TPSA) is 88.2 Å². The lowest BCUT2D eigenvalue weighted by Crippen LogP contribution is -2.23. The second-order valence-electron chi connectivity index (χ2n) is 6.95. The van der Waals surface area contributed by atoms with Gasteiger partial charge in [-0.3, -0.25) is 14.5 Å². The molecule has 0 radical (unpaired) electrons. The second-order valence-corrected chi connectivity index (χ2v) is 8.60. The molecule has 0 spiro atoms. The van der Waals surface area contributed by atoms with E-state index in [2.05, 4.69) is 15.0 Å². The van der Waals surface area contributed by atoms with E-state index in [0.717, 1.165) is 16.7 Å². The Morgan fingerprint density at radius 2 is 1.79 bits per heavy atom. The Balaban J connectivity index is 1.80. The van der Waals surface area contributed by atoms with Crippen LogP contribution in [0.4, 0.5) is 5.69 Å². The minimum Gasteiger partial charge on any atom is -0.348 e. The normalized spacial score (nSPS) is 11.1. The number of amides is 1. The van der Waals surface area contributed by atoms with Crippen molar-refractivity contribution in [1.82, 2.24) is 10.3 Å². The van der Waals surface area contributed by atoms with Gasteiger partial charge >= 0.3 is 0 Å². The van der Waals surface area contributed by atoms with Gasteiger partial charge in [-0.25, -0.2) is 8.42 Å². The van der Waals surface area contributed by atoms with Gasteiger partial charge < -0.3 is 5.32 Å². The zero-order valence-electron chi connectivity index (χ0n) is 16.6. The first-order chi connectivity index (χ1) is 13.8. The highest BCUT2D eigenvalue weighted by Gasteiger charge is 2.19. The van der Waals surface area contributed by atoms with E-state index in [1.165, 1.54) is 0 Å². The summed E-state index contributed by atoms with van der Waals surface area (Å²) in [7, 11) is -3.77. The molecule has 1 heterocycles. The first-order valence-electron chi connectivity index (χ1n) is 9.14. The van der Waals surface area contributed by atoms with Gasteiger partial charge in [-0.2, -0.15) is 0 Å². The van der Waals surface area contributed by atoms with E-state index < -0.39 is 10.0 Å². The first kappa shape index (κ1) is 20.5. The minimum atomic E-state index is -3.77. The molecule has 3 aromatic rings. The lowest BCUT2D eigenvalue weighted by Gasteiger charge is -2.14. The molecule has 2 N–H and O–H groups in total. The predicted octanol–water partition coefficient (Wildman–Crippen LogP) is 3.74. The summed E-state index contributed by atoms with van der Waals surface area (Å²) in [4.78, 5) is 16.7. The maximum atomic E-state index is 12.9. The molecule has 6 nitrogen and oxygen atoms in total. The van der Waals surface area contributed by atoms with Crippen molar-refractivity contribution in [3.05, 3.63) is 88.7 Å². The molecule has 0 atom stereocenters. The van der Waals surface area contributed by atoms with Crippen LogP contribution >= 0.6 is 0 Å².